The zero-order valence-corrected chi connectivity index (χ0v) is 14.0. The maximum atomic E-state index is 14.1. The molecule has 7 nitrogen and oxygen atoms in total. The molecule has 2 heterocycles. The Morgan fingerprint density at radius 1 is 1.48 bits per heavy atom. The van der Waals surface area contributed by atoms with Crippen molar-refractivity contribution >= 4 is 23.7 Å². The number of nitrogens with zero attached hydrogens (tertiary/aromatic N) is 2. The largest absolute Gasteiger partial charge is 0.460 e. The summed E-state index contributed by atoms with van der Waals surface area (Å²) in [6.45, 7) is 2.43. The third-order valence-corrected chi connectivity index (χ3v) is 4.02. The quantitative estimate of drug-likeness (QED) is 0.754. The predicted octanol–water partition coefficient (Wildman–Crippen LogP) is 3.05. The molecule has 1 aliphatic heterocycles. The average Bonchev–Trinajstić information content (AvgIpc) is 3.14. The summed E-state index contributed by atoms with van der Waals surface area (Å²) in [5.41, 5.74) is -0.0572. The van der Waals surface area contributed by atoms with Gasteiger partial charge in [0.15, 0.2) is 0 Å². The summed E-state index contributed by atoms with van der Waals surface area (Å²) in [5, 5.41) is 3.84. The molecular weight excluding hydrogens is 355 g/mol. The average molecular weight is 369 g/mol. The Morgan fingerprint density at radius 3 is 2.96 bits per heavy atom. The number of halogens is 2. The van der Waals surface area contributed by atoms with Gasteiger partial charge in [0.1, 0.15) is 36.0 Å². The van der Waals surface area contributed by atoms with E-state index in [2.05, 4.69) is 5.16 Å². The summed E-state index contributed by atoms with van der Waals surface area (Å²) in [5.74, 6) is -1.19. The highest BCUT2D eigenvalue weighted by molar-refractivity contribution is 6.33. The summed E-state index contributed by atoms with van der Waals surface area (Å²) in [7, 11) is 0. The van der Waals surface area contributed by atoms with Crippen molar-refractivity contribution in [2.75, 3.05) is 26.3 Å². The van der Waals surface area contributed by atoms with Gasteiger partial charge >= 0.3 is 12.1 Å². The van der Waals surface area contributed by atoms with Crippen molar-refractivity contribution in [1.29, 1.82) is 0 Å². The van der Waals surface area contributed by atoms with Crippen LogP contribution in [0.4, 0.5) is 9.18 Å². The maximum Gasteiger partial charge on any atom is 0.410 e. The minimum Gasteiger partial charge on any atom is -0.460 e. The fourth-order valence-electron chi connectivity index (χ4n) is 2.46. The van der Waals surface area contributed by atoms with Crippen LogP contribution in [-0.2, 0) is 9.47 Å². The second kappa shape index (κ2) is 7.10. The number of aromatic nitrogens is 1. The highest BCUT2D eigenvalue weighted by Gasteiger charge is 2.27. The number of esters is 1. The molecule has 1 amide bonds. The monoisotopic (exact) mass is 368 g/mol. The topological polar surface area (TPSA) is 81.9 Å². The number of amides is 1. The lowest BCUT2D eigenvalue weighted by Crippen LogP contribution is -2.29. The fourth-order valence-corrected chi connectivity index (χ4v) is 2.71. The van der Waals surface area contributed by atoms with E-state index in [0.29, 0.717) is 13.2 Å². The summed E-state index contributed by atoms with van der Waals surface area (Å²) >= 11 is 6.02. The van der Waals surface area contributed by atoms with Gasteiger partial charge in [0.2, 0.25) is 0 Å². The Kier molecular flexibility index (Phi) is 4.89. The number of cyclic esters (lactones) is 1. The molecule has 25 heavy (non-hydrogen) atoms. The van der Waals surface area contributed by atoms with Crippen LogP contribution in [0, 0.1) is 12.7 Å². The molecule has 1 aromatic carbocycles. The molecule has 0 bridgehead atoms. The van der Waals surface area contributed by atoms with E-state index in [1.807, 2.05) is 0 Å². The molecular formula is C16H14ClFN2O5. The van der Waals surface area contributed by atoms with Gasteiger partial charge in [-0.2, -0.15) is 0 Å². The van der Waals surface area contributed by atoms with Gasteiger partial charge in [-0.15, -0.1) is 0 Å². The highest BCUT2D eigenvalue weighted by atomic mass is 35.5. The third kappa shape index (κ3) is 3.43. The van der Waals surface area contributed by atoms with Gasteiger partial charge in [0.05, 0.1) is 23.7 Å². The van der Waals surface area contributed by atoms with Crippen molar-refractivity contribution < 1.29 is 28.0 Å². The zero-order valence-electron chi connectivity index (χ0n) is 13.3. The first kappa shape index (κ1) is 17.2. The standard InChI is InChI=1S/C16H14ClFN2O5/c1-9-12(15(21)23-7-5-20-6-8-24-16(20)22)14(19-25-9)13-10(17)3-2-4-11(13)18/h2-4H,5-8H2,1H3. The van der Waals surface area contributed by atoms with Gasteiger partial charge in [0, 0.05) is 0 Å². The van der Waals surface area contributed by atoms with Crippen LogP contribution in [0.5, 0.6) is 0 Å². The van der Waals surface area contributed by atoms with Crippen molar-refractivity contribution in [3.05, 3.63) is 40.4 Å². The zero-order chi connectivity index (χ0) is 18.0. The van der Waals surface area contributed by atoms with Gasteiger partial charge in [0.25, 0.3) is 0 Å². The molecule has 1 aliphatic rings. The van der Waals surface area contributed by atoms with E-state index in [1.165, 1.54) is 30.0 Å². The maximum absolute atomic E-state index is 14.1. The molecule has 3 rings (SSSR count). The van der Waals surface area contributed by atoms with E-state index in [1.54, 1.807) is 0 Å². The lowest BCUT2D eigenvalue weighted by molar-refractivity contribution is 0.0476. The number of benzene rings is 1. The molecule has 1 saturated heterocycles. The van der Waals surface area contributed by atoms with E-state index in [-0.39, 0.29) is 40.8 Å². The Balaban J connectivity index is 1.77. The van der Waals surface area contributed by atoms with E-state index >= 15 is 0 Å². The Hall–Kier alpha value is -2.61. The van der Waals surface area contributed by atoms with Gasteiger partial charge in [-0.1, -0.05) is 22.8 Å². The van der Waals surface area contributed by atoms with Crippen LogP contribution in [0.1, 0.15) is 16.1 Å². The highest BCUT2D eigenvalue weighted by Crippen LogP contribution is 2.33. The fraction of sp³-hybridized carbons (Fsp3) is 0.312. The summed E-state index contributed by atoms with van der Waals surface area (Å²) < 4.78 is 29.1. The Bertz CT molecular complexity index is 803. The molecule has 1 aromatic heterocycles. The van der Waals surface area contributed by atoms with Crippen molar-refractivity contribution in [3.8, 4) is 11.3 Å². The van der Waals surface area contributed by atoms with E-state index in [0.717, 1.165) is 0 Å². The minimum absolute atomic E-state index is 0.00371. The van der Waals surface area contributed by atoms with Gasteiger partial charge in [-0.3, -0.25) is 0 Å². The summed E-state index contributed by atoms with van der Waals surface area (Å²) in [6, 6.07) is 4.14. The number of aryl methyl sites for hydroxylation is 1. The van der Waals surface area contributed by atoms with E-state index < -0.39 is 17.9 Å². The third-order valence-electron chi connectivity index (χ3n) is 3.71. The molecule has 2 aromatic rings. The molecule has 1 fully saturated rings. The van der Waals surface area contributed by atoms with Crippen LogP contribution in [0.25, 0.3) is 11.3 Å². The van der Waals surface area contributed by atoms with Crippen LogP contribution in [-0.4, -0.2) is 48.4 Å². The first-order valence-corrected chi connectivity index (χ1v) is 7.86. The molecule has 0 aliphatic carbocycles. The number of hydrogen-bond acceptors (Lipinski definition) is 6. The lowest BCUT2D eigenvalue weighted by atomic mass is 10.1. The van der Waals surface area contributed by atoms with Crippen molar-refractivity contribution in [1.82, 2.24) is 10.1 Å². The lowest BCUT2D eigenvalue weighted by Gasteiger charge is -2.12. The summed E-state index contributed by atoms with van der Waals surface area (Å²) in [6.07, 6.45) is -0.448. The van der Waals surface area contributed by atoms with Gasteiger partial charge in [-0.25, -0.2) is 14.0 Å². The molecule has 0 atom stereocenters. The van der Waals surface area contributed by atoms with Crippen LogP contribution in [0.3, 0.4) is 0 Å². The first-order chi connectivity index (χ1) is 12.0. The molecule has 0 radical (unpaired) electrons. The van der Waals surface area contributed by atoms with Crippen LogP contribution >= 0.6 is 11.6 Å². The van der Waals surface area contributed by atoms with Crippen molar-refractivity contribution in [2.45, 2.75) is 6.92 Å². The number of ether oxygens (including phenoxy) is 2. The van der Waals surface area contributed by atoms with Crippen molar-refractivity contribution in [2.24, 2.45) is 0 Å². The molecule has 132 valence electrons. The van der Waals surface area contributed by atoms with Gasteiger partial charge in [-0.05, 0) is 19.1 Å². The molecule has 0 N–H and O–H groups in total. The second-order valence-electron chi connectivity index (χ2n) is 5.30. The SMILES string of the molecule is Cc1onc(-c2c(F)cccc2Cl)c1C(=O)OCCN1CCOC1=O. The summed E-state index contributed by atoms with van der Waals surface area (Å²) in [4.78, 5) is 25.1. The normalized spacial score (nSPS) is 13.9. The van der Waals surface area contributed by atoms with E-state index in [4.69, 9.17) is 25.6 Å². The number of carbonyl (C=O) groups excluding carboxylic acids is 2. The second-order valence-corrected chi connectivity index (χ2v) is 5.70. The molecule has 9 heteroatoms. The number of hydrogen-bond donors (Lipinski definition) is 0. The Morgan fingerprint density at radius 2 is 2.28 bits per heavy atom. The van der Waals surface area contributed by atoms with Crippen LogP contribution < -0.4 is 0 Å². The van der Waals surface area contributed by atoms with Crippen LogP contribution in [0.2, 0.25) is 5.02 Å². The predicted molar refractivity (Wildman–Crippen MR) is 84.8 cm³/mol. The number of carbonyl (C=O) groups is 2. The molecule has 0 saturated carbocycles. The molecule has 0 spiro atoms. The minimum atomic E-state index is -0.736. The first-order valence-electron chi connectivity index (χ1n) is 7.48. The van der Waals surface area contributed by atoms with Crippen molar-refractivity contribution in [3.63, 3.8) is 0 Å². The van der Waals surface area contributed by atoms with Gasteiger partial charge < -0.3 is 18.9 Å². The Labute approximate surface area is 147 Å². The van der Waals surface area contributed by atoms with Crippen LogP contribution in [0.15, 0.2) is 22.7 Å². The van der Waals surface area contributed by atoms with E-state index in [9.17, 15) is 14.0 Å². The molecule has 0 unspecified atom stereocenters. The smallest absolute Gasteiger partial charge is 0.410 e. The number of rotatable bonds is 5.